The van der Waals surface area contributed by atoms with Crippen LogP contribution in [0.3, 0.4) is 0 Å². The summed E-state index contributed by atoms with van der Waals surface area (Å²) >= 11 is -5.40. The molecule has 4 atom stereocenters. The number of halogens is 2. The first kappa shape index (κ1) is 46.8. The summed E-state index contributed by atoms with van der Waals surface area (Å²) in [4.78, 5) is 0.816. The van der Waals surface area contributed by atoms with Gasteiger partial charge >= 0.3 is 374 Å². The maximum absolute atomic E-state index is 9.33. The van der Waals surface area contributed by atoms with Crippen molar-refractivity contribution < 1.29 is 16.2 Å². The molecule has 315 valence electrons. The van der Waals surface area contributed by atoms with E-state index in [0.717, 1.165) is 30.6 Å². The quantitative estimate of drug-likeness (QED) is 0.101. The number of hydrogen-bond acceptors (Lipinski definition) is 1. The molecule has 0 spiro atoms. The predicted molar refractivity (Wildman–Crippen MR) is 269 cm³/mol. The van der Waals surface area contributed by atoms with Gasteiger partial charge in [-0.15, -0.1) is 0 Å². The van der Waals surface area contributed by atoms with E-state index in [9.17, 15) is 17.0 Å². The number of nitrogens with zero attached hydrogens (tertiary/aromatic N) is 1. The monoisotopic (exact) mass is 938 g/mol. The molecule has 6 rings (SSSR count). The Hall–Kier alpha value is -1.72. The van der Waals surface area contributed by atoms with Gasteiger partial charge in [-0.1, -0.05) is 0 Å². The number of fused-ring (bicyclic) bond motifs is 2. The van der Waals surface area contributed by atoms with Crippen LogP contribution in [0.1, 0.15) is 134 Å². The van der Waals surface area contributed by atoms with E-state index in [1.165, 1.54) is 66.8 Å². The predicted octanol–water partition coefficient (Wildman–Crippen LogP) is 17.0. The molecule has 4 aromatic rings. The minimum atomic E-state index is -5.40. The molecule has 0 fully saturated rings. The number of benzene rings is 4. The fourth-order valence-electron chi connectivity index (χ4n) is 11.0. The van der Waals surface area contributed by atoms with Gasteiger partial charge in [0.1, 0.15) is 0 Å². The molecular formula is C52H73BCl2NSi2Zr. The zero-order chi connectivity index (χ0) is 43.3. The van der Waals surface area contributed by atoms with Gasteiger partial charge < -0.3 is 0 Å². The molecule has 7 heteroatoms. The summed E-state index contributed by atoms with van der Waals surface area (Å²) in [5, 5.41) is 0. The summed E-state index contributed by atoms with van der Waals surface area (Å²) in [6.45, 7) is 34.0. The molecule has 0 aliphatic heterocycles. The van der Waals surface area contributed by atoms with Crippen molar-refractivity contribution in [1.29, 1.82) is 0 Å². The number of hydrogen-bond donors (Lipinski definition) is 0. The SMILES string of the molecule is CCC(C)c1ccccc1-c1cccc2c1C=C(CC(C)C)[CH]2[Zr]([Cl])([Cl])([BH]N([Si](C)(C)C)[Si](C)(C)C)[CH]1C(CC(C)C)=Cc2c(-c3ccccc3C(C)CC)cccc21. The maximum atomic E-state index is 9.33. The van der Waals surface area contributed by atoms with Crippen molar-refractivity contribution in [1.82, 2.24) is 4.14 Å². The third-order valence-corrected chi connectivity index (χ3v) is 40.8. The van der Waals surface area contributed by atoms with Crippen LogP contribution in [0.15, 0.2) is 96.1 Å². The van der Waals surface area contributed by atoms with Crippen molar-refractivity contribution >= 4 is 50.6 Å². The number of rotatable bonds is 16. The molecule has 4 aromatic carbocycles. The average Bonchev–Trinajstić information content (AvgIpc) is 3.74. The molecule has 2 aliphatic carbocycles. The summed E-state index contributed by atoms with van der Waals surface area (Å²) < 4.78 is 2.95. The van der Waals surface area contributed by atoms with E-state index in [0.29, 0.717) is 23.7 Å². The van der Waals surface area contributed by atoms with Crippen molar-refractivity contribution in [2.24, 2.45) is 11.8 Å². The van der Waals surface area contributed by atoms with Crippen LogP contribution in [0.5, 0.6) is 0 Å². The third-order valence-electron chi connectivity index (χ3n) is 13.6. The summed E-state index contributed by atoms with van der Waals surface area (Å²) in [5.41, 5.74) is 16.6. The van der Waals surface area contributed by atoms with Gasteiger partial charge in [-0.2, -0.15) is 0 Å². The van der Waals surface area contributed by atoms with Gasteiger partial charge in [-0.05, 0) is 0 Å². The first-order valence-electron chi connectivity index (χ1n) is 22.8. The van der Waals surface area contributed by atoms with Gasteiger partial charge in [-0.3, -0.25) is 0 Å². The van der Waals surface area contributed by atoms with Crippen LogP contribution in [-0.2, 0) is 16.2 Å². The van der Waals surface area contributed by atoms with Crippen molar-refractivity contribution in [2.45, 2.75) is 139 Å². The van der Waals surface area contributed by atoms with Crippen LogP contribution in [-0.4, -0.2) is 25.6 Å². The Morgan fingerprint density at radius 2 is 0.898 bits per heavy atom. The molecule has 0 radical (unpaired) electrons. The Morgan fingerprint density at radius 3 is 1.24 bits per heavy atom. The van der Waals surface area contributed by atoms with Crippen molar-refractivity contribution in [3.8, 4) is 22.3 Å². The molecule has 0 amide bonds. The Balaban J connectivity index is 1.71. The molecule has 0 heterocycles. The van der Waals surface area contributed by atoms with Crippen LogP contribution in [0.2, 0.25) is 39.3 Å². The molecule has 4 unspecified atom stereocenters. The summed E-state index contributed by atoms with van der Waals surface area (Å²) in [6, 6.07) is 32.4. The fourth-order valence-corrected chi connectivity index (χ4v) is 53.2. The van der Waals surface area contributed by atoms with Crippen LogP contribution in [0.4, 0.5) is 0 Å². The number of allylic oxidation sites excluding steroid dienone is 2. The second-order valence-electron chi connectivity index (χ2n) is 21.2. The molecule has 0 saturated heterocycles. The third kappa shape index (κ3) is 9.20. The Morgan fingerprint density at radius 1 is 0.542 bits per heavy atom. The standard InChI is InChI=1S/2C23H27.C6H19BNSi2.2ClH.Zr/c2*1-5-17(4)20-10-6-7-11-21(20)22-12-8-9-19-14-18(13-16(2)3)15-23(19)22;1-9(2,3)8(7)10(4,5)6;;;/h2*6-12,14-17H,5,13H2,1-4H3;7H,1-6H3;2*1H;/q;;+1;;;+1/p-2. The molecule has 2 aliphatic rings. The van der Waals surface area contributed by atoms with Crippen LogP contribution in [0.25, 0.3) is 34.4 Å². The van der Waals surface area contributed by atoms with Crippen LogP contribution in [0, 0.1) is 11.8 Å². The Labute approximate surface area is 370 Å². The van der Waals surface area contributed by atoms with E-state index in [1.54, 1.807) is 0 Å². The van der Waals surface area contributed by atoms with Crippen molar-refractivity contribution in [3.05, 3.63) is 129 Å². The molecule has 0 aromatic heterocycles. The molecule has 0 saturated carbocycles. The minimum absolute atomic E-state index is 0.00866. The normalized spacial score (nSPS) is 18.7. The first-order valence-corrected chi connectivity index (χ1v) is 40.6. The van der Waals surface area contributed by atoms with Gasteiger partial charge in [0.2, 0.25) is 0 Å². The Bertz CT molecular complexity index is 2080. The van der Waals surface area contributed by atoms with Gasteiger partial charge in [0.25, 0.3) is 0 Å². The van der Waals surface area contributed by atoms with Crippen molar-refractivity contribution in [2.75, 3.05) is 0 Å². The zero-order valence-electron chi connectivity index (χ0n) is 38.9. The van der Waals surface area contributed by atoms with Gasteiger partial charge in [0.15, 0.2) is 0 Å². The Kier molecular flexibility index (Phi) is 14.1. The van der Waals surface area contributed by atoms with E-state index >= 15 is 0 Å². The summed E-state index contributed by atoms with van der Waals surface area (Å²) in [6.07, 6.45) is 9.34. The van der Waals surface area contributed by atoms with E-state index in [2.05, 4.69) is 196 Å². The van der Waals surface area contributed by atoms with E-state index < -0.39 is 32.6 Å². The van der Waals surface area contributed by atoms with Crippen LogP contribution >= 0.6 is 17.0 Å². The molecule has 0 bridgehead atoms. The summed E-state index contributed by atoms with van der Waals surface area (Å²) in [5.74, 6) is 1.86. The summed E-state index contributed by atoms with van der Waals surface area (Å²) in [7, 11) is 14.8. The zero-order valence-corrected chi connectivity index (χ0v) is 44.9. The first-order chi connectivity index (χ1) is 27.6. The van der Waals surface area contributed by atoms with Crippen LogP contribution < -0.4 is 0 Å². The second kappa shape index (κ2) is 17.8. The topological polar surface area (TPSA) is 3.24 Å². The van der Waals surface area contributed by atoms with E-state index in [-0.39, 0.29) is 7.25 Å². The van der Waals surface area contributed by atoms with E-state index in [4.69, 9.17) is 0 Å². The molecule has 59 heavy (non-hydrogen) atoms. The fraction of sp³-hybridized carbons (Fsp3) is 0.462. The van der Waals surface area contributed by atoms with Gasteiger partial charge in [-0.25, -0.2) is 0 Å². The second-order valence-corrected chi connectivity index (χ2v) is 53.4. The van der Waals surface area contributed by atoms with E-state index in [1.807, 2.05) is 0 Å². The molecule has 0 N–H and O–H groups in total. The van der Waals surface area contributed by atoms with Gasteiger partial charge in [0.05, 0.1) is 0 Å². The van der Waals surface area contributed by atoms with Crippen molar-refractivity contribution in [3.63, 3.8) is 0 Å². The van der Waals surface area contributed by atoms with Gasteiger partial charge in [0, 0.05) is 0 Å². The average molecular weight is 941 g/mol. The molecule has 1 nitrogen and oxygen atoms in total. The molecular weight excluding hydrogens is 868 g/mol.